The van der Waals surface area contributed by atoms with Crippen LogP contribution in [0.5, 0.6) is 0 Å². The fourth-order valence-electron chi connectivity index (χ4n) is 2.02. The number of hydrogen-bond acceptors (Lipinski definition) is 4. The minimum atomic E-state index is -0.231. The number of nitriles is 1. The molecule has 0 bridgehead atoms. The molecule has 0 aliphatic heterocycles. The van der Waals surface area contributed by atoms with Crippen LogP contribution >= 0.6 is 0 Å². The zero-order chi connectivity index (χ0) is 15.1. The number of carbonyl (C=O) groups is 1. The van der Waals surface area contributed by atoms with Crippen molar-refractivity contribution in [2.75, 3.05) is 18.5 Å². The standard InChI is InChI=1S/C16H16N4O/c1-18-16(21)15-12-14(8-10-19-15)20(11-5-9-17)13-6-3-2-4-7-13/h2-4,6-8,10,12H,5,11H2,1H3,(H,18,21). The Balaban J connectivity index is 2.37. The molecule has 1 heterocycles. The molecule has 106 valence electrons. The van der Waals surface area contributed by atoms with Crippen molar-refractivity contribution in [2.24, 2.45) is 0 Å². The average Bonchev–Trinajstić information content (AvgIpc) is 2.56. The molecule has 1 amide bonds. The van der Waals surface area contributed by atoms with Crippen molar-refractivity contribution in [3.63, 3.8) is 0 Å². The van der Waals surface area contributed by atoms with Crippen molar-refractivity contribution in [2.45, 2.75) is 6.42 Å². The van der Waals surface area contributed by atoms with E-state index in [2.05, 4.69) is 16.4 Å². The molecule has 2 rings (SSSR count). The summed E-state index contributed by atoms with van der Waals surface area (Å²) >= 11 is 0. The quantitative estimate of drug-likeness (QED) is 0.913. The first-order chi connectivity index (χ1) is 10.3. The second-order valence-electron chi connectivity index (χ2n) is 4.37. The van der Waals surface area contributed by atoms with Crippen LogP contribution in [0.2, 0.25) is 0 Å². The van der Waals surface area contributed by atoms with Crippen LogP contribution in [0.15, 0.2) is 48.7 Å². The van der Waals surface area contributed by atoms with Crippen molar-refractivity contribution in [1.82, 2.24) is 10.3 Å². The van der Waals surface area contributed by atoms with E-state index in [1.807, 2.05) is 41.3 Å². The molecule has 1 aromatic carbocycles. The Kier molecular flexibility index (Phi) is 4.89. The summed E-state index contributed by atoms with van der Waals surface area (Å²) in [5, 5.41) is 11.4. The van der Waals surface area contributed by atoms with Gasteiger partial charge in [-0.15, -0.1) is 0 Å². The van der Waals surface area contributed by atoms with Crippen molar-refractivity contribution >= 4 is 17.3 Å². The Labute approximate surface area is 123 Å². The van der Waals surface area contributed by atoms with Crippen LogP contribution in [-0.4, -0.2) is 24.5 Å². The molecule has 0 aliphatic rings. The molecule has 21 heavy (non-hydrogen) atoms. The molecule has 0 saturated heterocycles. The lowest BCUT2D eigenvalue weighted by Gasteiger charge is -2.24. The SMILES string of the molecule is CNC(=O)c1cc(N(CCC#N)c2ccccc2)ccn1. The van der Waals surface area contributed by atoms with Crippen LogP contribution in [0.4, 0.5) is 11.4 Å². The molecule has 0 fully saturated rings. The van der Waals surface area contributed by atoms with Gasteiger partial charge in [-0.2, -0.15) is 5.26 Å². The highest BCUT2D eigenvalue weighted by atomic mass is 16.1. The maximum Gasteiger partial charge on any atom is 0.269 e. The Morgan fingerprint density at radius 3 is 2.71 bits per heavy atom. The zero-order valence-electron chi connectivity index (χ0n) is 11.8. The third-order valence-electron chi connectivity index (χ3n) is 3.03. The van der Waals surface area contributed by atoms with E-state index in [9.17, 15) is 4.79 Å². The van der Waals surface area contributed by atoms with Crippen LogP contribution in [0, 0.1) is 11.3 Å². The Bertz CT molecular complexity index is 649. The van der Waals surface area contributed by atoms with E-state index in [4.69, 9.17) is 5.26 Å². The minimum absolute atomic E-state index is 0.231. The number of rotatable bonds is 5. The smallest absolute Gasteiger partial charge is 0.269 e. The third kappa shape index (κ3) is 3.57. The highest BCUT2D eigenvalue weighted by Gasteiger charge is 2.12. The van der Waals surface area contributed by atoms with Crippen LogP contribution in [0.3, 0.4) is 0 Å². The number of pyridine rings is 1. The number of hydrogen-bond donors (Lipinski definition) is 1. The summed E-state index contributed by atoms with van der Waals surface area (Å²) in [4.78, 5) is 17.8. The van der Waals surface area contributed by atoms with Gasteiger partial charge < -0.3 is 10.2 Å². The largest absolute Gasteiger partial charge is 0.354 e. The third-order valence-corrected chi connectivity index (χ3v) is 3.03. The molecule has 0 saturated carbocycles. The normalized spacial score (nSPS) is 9.71. The highest BCUT2D eigenvalue weighted by Crippen LogP contribution is 2.25. The highest BCUT2D eigenvalue weighted by molar-refractivity contribution is 5.93. The van der Waals surface area contributed by atoms with Gasteiger partial charge in [0.25, 0.3) is 5.91 Å². The number of carbonyl (C=O) groups excluding carboxylic acids is 1. The maximum absolute atomic E-state index is 11.7. The van der Waals surface area contributed by atoms with E-state index in [0.29, 0.717) is 18.7 Å². The Morgan fingerprint density at radius 2 is 2.05 bits per heavy atom. The summed E-state index contributed by atoms with van der Waals surface area (Å²) in [7, 11) is 1.57. The summed E-state index contributed by atoms with van der Waals surface area (Å²) in [6.45, 7) is 0.553. The Hall–Kier alpha value is -2.87. The molecular formula is C16H16N4O. The monoisotopic (exact) mass is 280 g/mol. The summed E-state index contributed by atoms with van der Waals surface area (Å²) in [5.74, 6) is -0.231. The minimum Gasteiger partial charge on any atom is -0.354 e. The number of nitrogens with zero attached hydrogens (tertiary/aromatic N) is 3. The molecule has 1 aromatic heterocycles. The molecule has 0 unspecified atom stereocenters. The van der Waals surface area contributed by atoms with Gasteiger partial charge in [-0.1, -0.05) is 18.2 Å². The number of para-hydroxylation sites is 1. The lowest BCUT2D eigenvalue weighted by molar-refractivity contribution is 0.0958. The van der Waals surface area contributed by atoms with Gasteiger partial charge in [-0.3, -0.25) is 9.78 Å². The van der Waals surface area contributed by atoms with Crippen molar-refractivity contribution in [3.05, 3.63) is 54.4 Å². The molecule has 5 heteroatoms. The first-order valence-corrected chi connectivity index (χ1v) is 6.64. The number of nitrogens with one attached hydrogen (secondary N) is 1. The molecule has 0 aliphatic carbocycles. The maximum atomic E-state index is 11.7. The average molecular weight is 280 g/mol. The Morgan fingerprint density at radius 1 is 1.29 bits per heavy atom. The van der Waals surface area contributed by atoms with Crippen LogP contribution in [0.1, 0.15) is 16.9 Å². The van der Waals surface area contributed by atoms with Crippen molar-refractivity contribution in [3.8, 4) is 6.07 Å². The molecule has 0 atom stereocenters. The van der Waals surface area contributed by atoms with Gasteiger partial charge in [-0.25, -0.2) is 0 Å². The van der Waals surface area contributed by atoms with E-state index < -0.39 is 0 Å². The predicted octanol–water partition coefficient (Wildman–Crippen LogP) is 2.49. The summed E-state index contributed by atoms with van der Waals surface area (Å²) in [5.41, 5.74) is 2.17. The van der Waals surface area contributed by atoms with Gasteiger partial charge in [0, 0.05) is 31.2 Å². The number of aromatic nitrogens is 1. The predicted molar refractivity (Wildman–Crippen MR) is 81.3 cm³/mol. The first kappa shape index (κ1) is 14.5. The topological polar surface area (TPSA) is 69.0 Å². The first-order valence-electron chi connectivity index (χ1n) is 6.64. The number of amides is 1. The zero-order valence-corrected chi connectivity index (χ0v) is 11.8. The second kappa shape index (κ2) is 7.06. The lowest BCUT2D eigenvalue weighted by Crippen LogP contribution is -2.22. The van der Waals surface area contributed by atoms with E-state index in [1.54, 1.807) is 19.3 Å². The van der Waals surface area contributed by atoms with Gasteiger partial charge in [0.15, 0.2) is 0 Å². The number of anilines is 2. The van der Waals surface area contributed by atoms with E-state index in [0.717, 1.165) is 11.4 Å². The molecule has 0 radical (unpaired) electrons. The fourth-order valence-corrected chi connectivity index (χ4v) is 2.02. The molecular weight excluding hydrogens is 264 g/mol. The molecule has 1 N–H and O–H groups in total. The van der Waals surface area contributed by atoms with Crippen molar-refractivity contribution < 1.29 is 4.79 Å². The molecule has 2 aromatic rings. The molecule has 5 nitrogen and oxygen atoms in total. The van der Waals surface area contributed by atoms with Crippen LogP contribution < -0.4 is 10.2 Å². The van der Waals surface area contributed by atoms with Gasteiger partial charge in [0.05, 0.1) is 12.5 Å². The van der Waals surface area contributed by atoms with Crippen LogP contribution in [-0.2, 0) is 0 Å². The van der Waals surface area contributed by atoms with Gasteiger partial charge in [0.1, 0.15) is 5.69 Å². The summed E-state index contributed by atoms with van der Waals surface area (Å²) < 4.78 is 0. The lowest BCUT2D eigenvalue weighted by atomic mass is 10.2. The van der Waals surface area contributed by atoms with E-state index in [-0.39, 0.29) is 5.91 Å². The summed E-state index contributed by atoms with van der Waals surface area (Å²) in [6, 6.07) is 15.5. The fraction of sp³-hybridized carbons (Fsp3) is 0.188. The van der Waals surface area contributed by atoms with E-state index >= 15 is 0 Å². The van der Waals surface area contributed by atoms with Gasteiger partial charge in [0.2, 0.25) is 0 Å². The molecule has 0 spiro atoms. The summed E-state index contributed by atoms with van der Waals surface area (Å²) in [6.07, 6.45) is 1.99. The van der Waals surface area contributed by atoms with Crippen molar-refractivity contribution in [1.29, 1.82) is 5.26 Å². The number of benzene rings is 1. The van der Waals surface area contributed by atoms with Crippen LogP contribution in [0.25, 0.3) is 0 Å². The second-order valence-corrected chi connectivity index (χ2v) is 4.37. The van der Waals surface area contributed by atoms with E-state index in [1.165, 1.54) is 0 Å². The van der Waals surface area contributed by atoms with Gasteiger partial charge >= 0.3 is 0 Å². The van der Waals surface area contributed by atoms with Gasteiger partial charge in [-0.05, 0) is 24.3 Å².